The van der Waals surface area contributed by atoms with Crippen molar-refractivity contribution in [3.05, 3.63) is 40.2 Å². The molecule has 2 aromatic heterocycles. The van der Waals surface area contributed by atoms with Gasteiger partial charge in [0.15, 0.2) is 5.69 Å². The number of halogens is 6. The number of alkyl halides is 6. The van der Waals surface area contributed by atoms with Gasteiger partial charge < -0.3 is 24.6 Å². The molecule has 0 radical (unpaired) electrons. The molecule has 1 atom stereocenters. The molecule has 1 aliphatic heterocycles. The van der Waals surface area contributed by atoms with Crippen molar-refractivity contribution in [2.45, 2.75) is 24.8 Å². The van der Waals surface area contributed by atoms with Crippen molar-refractivity contribution in [1.82, 2.24) is 25.1 Å². The fourth-order valence-electron chi connectivity index (χ4n) is 3.70. The first-order chi connectivity index (χ1) is 17.9. The van der Waals surface area contributed by atoms with Crippen LogP contribution in [0.15, 0.2) is 23.4 Å². The van der Waals surface area contributed by atoms with E-state index in [0.717, 1.165) is 12.4 Å². The van der Waals surface area contributed by atoms with E-state index in [0.29, 0.717) is 32.4 Å². The molecule has 2 aromatic rings. The Morgan fingerprint density at radius 3 is 2.34 bits per heavy atom. The van der Waals surface area contributed by atoms with Crippen LogP contribution in [0.2, 0.25) is 0 Å². The molecule has 3 heterocycles. The summed E-state index contributed by atoms with van der Waals surface area (Å²) in [7, 11) is 1.34. The molecule has 1 amide bonds. The smallest absolute Gasteiger partial charge is 0.382 e. The second kappa shape index (κ2) is 12.4. The van der Waals surface area contributed by atoms with Crippen LogP contribution in [0.1, 0.15) is 17.7 Å². The zero-order valence-electron chi connectivity index (χ0n) is 20.1. The molecular weight excluding hydrogens is 528 g/mol. The first-order valence-electron chi connectivity index (χ1n) is 11.3. The molecule has 0 bridgehead atoms. The molecule has 1 fully saturated rings. The number of methoxy groups -OCH3 is 1. The van der Waals surface area contributed by atoms with Crippen LogP contribution in [0, 0.1) is 0 Å². The molecule has 1 saturated heterocycles. The Morgan fingerprint density at radius 2 is 1.76 bits per heavy atom. The quantitative estimate of drug-likeness (QED) is 0.335. The highest BCUT2D eigenvalue weighted by atomic mass is 19.4. The van der Waals surface area contributed by atoms with Crippen LogP contribution in [0.3, 0.4) is 0 Å². The Hall–Kier alpha value is -3.47. The Bertz CT molecular complexity index is 1120. The fourth-order valence-corrected chi connectivity index (χ4v) is 3.70. The van der Waals surface area contributed by atoms with E-state index in [1.165, 1.54) is 7.11 Å². The summed E-state index contributed by atoms with van der Waals surface area (Å²) < 4.78 is 88.2. The molecule has 0 saturated carbocycles. The summed E-state index contributed by atoms with van der Waals surface area (Å²) in [6.45, 7) is 1.12. The molecule has 0 aromatic carbocycles. The molecule has 0 aliphatic carbocycles. The number of ether oxygens (including phenoxy) is 2. The van der Waals surface area contributed by atoms with Crippen LogP contribution in [-0.4, -0.2) is 90.1 Å². The minimum Gasteiger partial charge on any atom is -0.382 e. The summed E-state index contributed by atoms with van der Waals surface area (Å²) in [5.74, 6) is 0.0481. The van der Waals surface area contributed by atoms with E-state index in [2.05, 4.69) is 20.4 Å². The van der Waals surface area contributed by atoms with Crippen molar-refractivity contribution in [3.63, 3.8) is 0 Å². The van der Waals surface area contributed by atoms with Crippen molar-refractivity contribution in [2.75, 3.05) is 63.3 Å². The number of piperazine rings is 1. The predicted molar refractivity (Wildman–Crippen MR) is 120 cm³/mol. The number of anilines is 2. The van der Waals surface area contributed by atoms with E-state index in [9.17, 15) is 35.9 Å². The van der Waals surface area contributed by atoms with Gasteiger partial charge in [-0.25, -0.2) is 15.1 Å². The highest BCUT2D eigenvalue weighted by Crippen LogP contribution is 2.31. The largest absolute Gasteiger partial charge is 0.434 e. The van der Waals surface area contributed by atoms with Crippen molar-refractivity contribution in [3.8, 4) is 0 Å². The van der Waals surface area contributed by atoms with Crippen LogP contribution < -0.4 is 15.8 Å². The van der Waals surface area contributed by atoms with E-state index >= 15 is 0 Å². The SMILES string of the molecule is COCC(COCCC(=O)N1CCN(c2cnc(C(F)(F)F)cn2)CC1)Nc1cn[nH]c(=O)c1C(F)(F)F. The van der Waals surface area contributed by atoms with Gasteiger partial charge in [0.05, 0.1) is 56.6 Å². The Balaban J connectivity index is 1.45. The molecular formula is C21H25F6N7O4. The van der Waals surface area contributed by atoms with Gasteiger partial charge in [-0.05, 0) is 0 Å². The van der Waals surface area contributed by atoms with E-state index in [1.54, 1.807) is 14.9 Å². The number of hydrogen-bond acceptors (Lipinski definition) is 9. The normalized spacial score (nSPS) is 15.4. The van der Waals surface area contributed by atoms with Crippen LogP contribution >= 0.6 is 0 Å². The summed E-state index contributed by atoms with van der Waals surface area (Å²) >= 11 is 0. The Morgan fingerprint density at radius 1 is 1.05 bits per heavy atom. The molecule has 11 nitrogen and oxygen atoms in total. The van der Waals surface area contributed by atoms with Gasteiger partial charge in [-0.3, -0.25) is 9.59 Å². The monoisotopic (exact) mass is 553 g/mol. The zero-order valence-corrected chi connectivity index (χ0v) is 20.1. The minimum atomic E-state index is -4.91. The van der Waals surface area contributed by atoms with E-state index in [-0.39, 0.29) is 38.0 Å². The standard InChI is InChI=1S/C21H25F6N7O4/c1-37-11-13(31-14-8-30-32-19(36)18(14)21(25,26)27)12-38-7-2-17(35)34-5-3-33(4-6-34)16-10-28-15(9-29-16)20(22,23)24/h8-10,13H,2-7,11-12H2,1H3,(H2,31,32,36). The van der Waals surface area contributed by atoms with Crippen molar-refractivity contribution >= 4 is 17.4 Å². The molecule has 38 heavy (non-hydrogen) atoms. The number of carbonyl (C=O) groups excluding carboxylic acids is 1. The molecule has 17 heteroatoms. The number of carbonyl (C=O) groups is 1. The van der Waals surface area contributed by atoms with Gasteiger partial charge >= 0.3 is 12.4 Å². The number of rotatable bonds is 10. The number of nitrogens with zero attached hydrogens (tertiary/aromatic N) is 5. The van der Waals surface area contributed by atoms with Crippen LogP contribution in [0.25, 0.3) is 0 Å². The maximum Gasteiger partial charge on any atom is 0.434 e. The second-order valence-corrected chi connectivity index (χ2v) is 8.23. The number of H-pyrrole nitrogens is 1. The first kappa shape index (κ1) is 29.1. The maximum absolute atomic E-state index is 13.3. The van der Waals surface area contributed by atoms with Gasteiger partial charge in [-0.2, -0.15) is 31.4 Å². The van der Waals surface area contributed by atoms with Gasteiger partial charge in [0.25, 0.3) is 5.56 Å². The lowest BCUT2D eigenvalue weighted by molar-refractivity contribution is -0.141. The highest BCUT2D eigenvalue weighted by molar-refractivity contribution is 5.76. The third-order valence-electron chi connectivity index (χ3n) is 5.53. The zero-order chi connectivity index (χ0) is 27.9. The lowest BCUT2D eigenvalue weighted by Gasteiger charge is -2.35. The van der Waals surface area contributed by atoms with E-state index in [1.807, 2.05) is 0 Å². The van der Waals surface area contributed by atoms with Gasteiger partial charge in [0.1, 0.15) is 11.4 Å². The topological polar surface area (TPSA) is 126 Å². The molecule has 1 aliphatic rings. The van der Waals surface area contributed by atoms with Gasteiger partial charge in [-0.1, -0.05) is 0 Å². The molecule has 1 unspecified atom stereocenters. The predicted octanol–water partition coefficient (Wildman–Crippen LogP) is 1.78. The summed E-state index contributed by atoms with van der Waals surface area (Å²) in [5.41, 5.74) is -4.44. The summed E-state index contributed by atoms with van der Waals surface area (Å²) in [4.78, 5) is 34.6. The number of aromatic nitrogens is 4. The van der Waals surface area contributed by atoms with E-state index in [4.69, 9.17) is 9.47 Å². The number of amides is 1. The fraction of sp³-hybridized carbons (Fsp3) is 0.571. The van der Waals surface area contributed by atoms with Crippen molar-refractivity contribution in [2.24, 2.45) is 0 Å². The first-order valence-corrected chi connectivity index (χ1v) is 11.3. The number of hydrogen-bond donors (Lipinski definition) is 2. The van der Waals surface area contributed by atoms with Crippen LogP contribution in [0.5, 0.6) is 0 Å². The highest BCUT2D eigenvalue weighted by Gasteiger charge is 2.38. The van der Waals surface area contributed by atoms with Crippen LogP contribution in [-0.2, 0) is 26.6 Å². The molecule has 0 spiro atoms. The summed E-state index contributed by atoms with van der Waals surface area (Å²) in [6.07, 6.45) is -6.95. The molecule has 210 valence electrons. The third kappa shape index (κ3) is 7.77. The molecule has 2 N–H and O–H groups in total. The summed E-state index contributed by atoms with van der Waals surface area (Å²) in [5, 5.41) is 7.69. The average Bonchev–Trinajstić information content (AvgIpc) is 2.85. The second-order valence-electron chi connectivity index (χ2n) is 8.23. The number of nitrogens with one attached hydrogen (secondary N) is 2. The minimum absolute atomic E-state index is 0.000148. The van der Waals surface area contributed by atoms with Gasteiger partial charge in [0.2, 0.25) is 5.91 Å². The average molecular weight is 553 g/mol. The van der Waals surface area contributed by atoms with Gasteiger partial charge in [0, 0.05) is 33.3 Å². The lowest BCUT2D eigenvalue weighted by Crippen LogP contribution is -2.49. The van der Waals surface area contributed by atoms with Crippen LogP contribution in [0.4, 0.5) is 37.8 Å². The molecule has 3 rings (SSSR count). The lowest BCUT2D eigenvalue weighted by atomic mass is 10.2. The maximum atomic E-state index is 13.3. The van der Waals surface area contributed by atoms with Gasteiger partial charge in [-0.15, -0.1) is 0 Å². The van der Waals surface area contributed by atoms with Crippen molar-refractivity contribution in [1.29, 1.82) is 0 Å². The van der Waals surface area contributed by atoms with E-state index < -0.39 is 40.9 Å². The third-order valence-corrected chi connectivity index (χ3v) is 5.53. The Kier molecular flexibility index (Phi) is 9.48. The summed E-state index contributed by atoms with van der Waals surface area (Å²) in [6, 6.07) is -0.770. The Labute approximate surface area is 212 Å². The number of aromatic amines is 1. The van der Waals surface area contributed by atoms with Crippen molar-refractivity contribution < 1.29 is 40.6 Å².